The number of aliphatic hydroxyl groups excluding tert-OH is 1. The Balaban J connectivity index is 1.67. The highest BCUT2D eigenvalue weighted by molar-refractivity contribution is 8.04. The number of amides is 2. The quantitative estimate of drug-likeness (QED) is 0.729. The summed E-state index contributed by atoms with van der Waals surface area (Å²) in [5.41, 5.74) is 2.79. The van der Waals surface area contributed by atoms with E-state index >= 15 is 0 Å². The van der Waals surface area contributed by atoms with Crippen molar-refractivity contribution in [2.75, 3.05) is 11.4 Å². The van der Waals surface area contributed by atoms with E-state index in [-0.39, 0.29) is 11.8 Å². The van der Waals surface area contributed by atoms with Crippen molar-refractivity contribution in [1.82, 2.24) is 5.32 Å². The van der Waals surface area contributed by atoms with Crippen LogP contribution in [0.2, 0.25) is 5.02 Å². The van der Waals surface area contributed by atoms with Gasteiger partial charge in [0.25, 0.3) is 11.8 Å². The maximum atomic E-state index is 13.8. The number of nitrogens with zero attached hydrogens (tertiary/aromatic N) is 1. The Bertz CT molecular complexity index is 1020. The van der Waals surface area contributed by atoms with Crippen molar-refractivity contribution in [3.8, 4) is 0 Å². The van der Waals surface area contributed by atoms with Crippen LogP contribution in [0.5, 0.6) is 0 Å². The molecule has 2 aromatic carbocycles. The first kappa shape index (κ1) is 21.0. The molecule has 0 spiro atoms. The van der Waals surface area contributed by atoms with E-state index in [0.29, 0.717) is 47.6 Å². The van der Waals surface area contributed by atoms with Gasteiger partial charge in [-0.2, -0.15) is 0 Å². The molecule has 7 heteroatoms. The highest BCUT2D eigenvalue weighted by atomic mass is 35.5. The van der Waals surface area contributed by atoms with Crippen molar-refractivity contribution in [2.24, 2.45) is 0 Å². The molecule has 4 rings (SSSR count). The highest BCUT2D eigenvalue weighted by Gasteiger charge is 2.45. The minimum Gasteiger partial charge on any atom is -0.388 e. The summed E-state index contributed by atoms with van der Waals surface area (Å²) in [6.07, 6.45) is 2.82. The molecular formula is C23H23ClN2O3S. The molecule has 0 radical (unpaired) electrons. The third-order valence-corrected chi connectivity index (χ3v) is 6.87. The van der Waals surface area contributed by atoms with E-state index in [1.165, 1.54) is 11.8 Å². The van der Waals surface area contributed by atoms with Crippen LogP contribution < -0.4 is 10.2 Å². The second-order valence-electron chi connectivity index (χ2n) is 7.66. The van der Waals surface area contributed by atoms with Gasteiger partial charge in [0.05, 0.1) is 6.10 Å². The van der Waals surface area contributed by atoms with E-state index in [1.807, 2.05) is 30.5 Å². The van der Waals surface area contributed by atoms with Gasteiger partial charge in [-0.15, -0.1) is 0 Å². The molecule has 5 nitrogen and oxygen atoms in total. The lowest BCUT2D eigenvalue weighted by Crippen LogP contribution is -2.57. The monoisotopic (exact) mass is 442 g/mol. The first-order valence-electron chi connectivity index (χ1n) is 9.91. The molecule has 0 fully saturated rings. The van der Waals surface area contributed by atoms with E-state index < -0.39 is 11.0 Å². The first-order valence-corrected chi connectivity index (χ1v) is 11.2. The number of fused-ring (bicyclic) bond motifs is 1. The van der Waals surface area contributed by atoms with Crippen molar-refractivity contribution in [2.45, 2.75) is 37.2 Å². The van der Waals surface area contributed by atoms with Gasteiger partial charge in [-0.25, -0.2) is 0 Å². The number of nitrogens with one attached hydrogen (secondary N) is 1. The lowest BCUT2D eigenvalue weighted by molar-refractivity contribution is -0.121. The van der Waals surface area contributed by atoms with E-state index in [4.69, 9.17) is 11.6 Å². The van der Waals surface area contributed by atoms with Crippen LogP contribution in [0.15, 0.2) is 53.9 Å². The molecule has 2 aliphatic rings. The fourth-order valence-electron chi connectivity index (χ4n) is 3.93. The molecule has 2 aliphatic heterocycles. The fourth-order valence-corrected chi connectivity index (χ4v) is 5.09. The van der Waals surface area contributed by atoms with E-state index in [0.717, 1.165) is 5.56 Å². The number of anilines is 1. The molecule has 2 amide bonds. The maximum absolute atomic E-state index is 13.8. The molecule has 2 aromatic rings. The standard InChI is InChI=1S/C23H23ClN2O3S/c1-15-5-2-6-16(13-15)21(28)25-23(10-4-12-30-23)22(29)26-11-3-7-20(27)18-14-17(24)8-9-19(18)26/h2,4-6,8-9,12-14,20,27H,3,7,10-11H2,1H3,(H,25,28). The summed E-state index contributed by atoms with van der Waals surface area (Å²) in [5, 5.41) is 15.9. The number of carbonyl (C=O) groups is 2. The fraction of sp³-hybridized carbons (Fsp3) is 0.304. The first-order chi connectivity index (χ1) is 14.4. The molecule has 0 saturated heterocycles. The summed E-state index contributed by atoms with van der Waals surface area (Å²) in [5.74, 6) is -0.481. The molecule has 0 aliphatic carbocycles. The average Bonchev–Trinajstić information content (AvgIpc) is 3.14. The largest absolute Gasteiger partial charge is 0.388 e. The zero-order valence-corrected chi connectivity index (χ0v) is 18.2. The van der Waals surface area contributed by atoms with E-state index in [2.05, 4.69) is 5.32 Å². The van der Waals surface area contributed by atoms with Crippen LogP contribution >= 0.6 is 23.4 Å². The van der Waals surface area contributed by atoms with Crippen LogP contribution in [0.4, 0.5) is 5.69 Å². The number of carbonyl (C=O) groups excluding carboxylic acids is 2. The number of hydrogen-bond acceptors (Lipinski definition) is 4. The third-order valence-electron chi connectivity index (χ3n) is 5.46. The predicted octanol–water partition coefficient (Wildman–Crippen LogP) is 4.59. The van der Waals surface area contributed by atoms with Gasteiger partial charge in [0.15, 0.2) is 4.87 Å². The highest BCUT2D eigenvalue weighted by Crippen LogP contribution is 2.41. The van der Waals surface area contributed by atoms with Crippen LogP contribution in [-0.2, 0) is 4.79 Å². The van der Waals surface area contributed by atoms with Crippen LogP contribution in [-0.4, -0.2) is 28.3 Å². The lowest BCUT2D eigenvalue weighted by Gasteiger charge is -2.34. The normalized spacial score (nSPS) is 23.0. The Hall–Kier alpha value is -2.28. The van der Waals surface area contributed by atoms with Gasteiger partial charge in [0, 0.05) is 34.8 Å². The van der Waals surface area contributed by atoms with Gasteiger partial charge in [0.2, 0.25) is 0 Å². The van der Waals surface area contributed by atoms with Gasteiger partial charge in [0.1, 0.15) is 0 Å². The summed E-state index contributed by atoms with van der Waals surface area (Å²) in [6.45, 7) is 2.39. The Kier molecular flexibility index (Phi) is 5.91. The summed E-state index contributed by atoms with van der Waals surface area (Å²) >= 11 is 7.45. The molecule has 156 valence electrons. The zero-order valence-electron chi connectivity index (χ0n) is 16.6. The zero-order chi connectivity index (χ0) is 21.3. The third kappa shape index (κ3) is 4.00. The minimum atomic E-state index is -1.12. The van der Waals surface area contributed by atoms with Gasteiger partial charge in [-0.3, -0.25) is 9.59 Å². The number of benzene rings is 2. The molecule has 2 heterocycles. The Morgan fingerprint density at radius 3 is 2.83 bits per heavy atom. The topological polar surface area (TPSA) is 69.6 Å². The molecular weight excluding hydrogens is 420 g/mol. The van der Waals surface area contributed by atoms with Crippen molar-refractivity contribution in [3.63, 3.8) is 0 Å². The van der Waals surface area contributed by atoms with Crippen LogP contribution in [0.25, 0.3) is 0 Å². The van der Waals surface area contributed by atoms with Crippen LogP contribution in [0.3, 0.4) is 0 Å². The van der Waals surface area contributed by atoms with Gasteiger partial charge in [-0.05, 0) is 55.5 Å². The second kappa shape index (κ2) is 8.46. The van der Waals surface area contributed by atoms with E-state index in [1.54, 1.807) is 35.2 Å². The molecule has 2 atom stereocenters. The van der Waals surface area contributed by atoms with Crippen molar-refractivity contribution in [3.05, 3.63) is 75.7 Å². The van der Waals surface area contributed by atoms with Gasteiger partial charge in [-0.1, -0.05) is 47.1 Å². The summed E-state index contributed by atoms with van der Waals surface area (Å²) in [7, 11) is 0. The Morgan fingerprint density at radius 2 is 2.10 bits per heavy atom. The number of rotatable bonds is 3. The molecule has 30 heavy (non-hydrogen) atoms. The van der Waals surface area contributed by atoms with Gasteiger partial charge >= 0.3 is 0 Å². The molecule has 0 saturated carbocycles. The SMILES string of the molecule is Cc1cccc(C(=O)NC2(C(=O)N3CCCC(O)c4cc(Cl)ccc43)CC=CS2)c1. The summed E-state index contributed by atoms with van der Waals surface area (Å²) in [4.78, 5) is 27.3. The van der Waals surface area contributed by atoms with Crippen molar-refractivity contribution < 1.29 is 14.7 Å². The summed E-state index contributed by atoms with van der Waals surface area (Å²) in [6, 6.07) is 12.5. The molecule has 0 bridgehead atoms. The lowest BCUT2D eigenvalue weighted by atomic mass is 10.0. The number of hydrogen-bond donors (Lipinski definition) is 2. The second-order valence-corrected chi connectivity index (χ2v) is 9.30. The molecule has 2 N–H and O–H groups in total. The smallest absolute Gasteiger partial charge is 0.263 e. The van der Waals surface area contributed by atoms with Crippen molar-refractivity contribution in [1.29, 1.82) is 0 Å². The number of thioether (sulfide) groups is 1. The number of halogens is 1. The predicted molar refractivity (Wildman–Crippen MR) is 121 cm³/mol. The molecule has 2 unspecified atom stereocenters. The van der Waals surface area contributed by atoms with Crippen LogP contribution in [0.1, 0.15) is 46.9 Å². The summed E-state index contributed by atoms with van der Waals surface area (Å²) < 4.78 is 0. The van der Waals surface area contributed by atoms with Crippen LogP contribution in [0, 0.1) is 6.92 Å². The number of aryl methyl sites for hydroxylation is 1. The Morgan fingerprint density at radius 1 is 1.27 bits per heavy atom. The minimum absolute atomic E-state index is 0.198. The average molecular weight is 443 g/mol. The van der Waals surface area contributed by atoms with Crippen molar-refractivity contribution >= 4 is 40.9 Å². The maximum Gasteiger partial charge on any atom is 0.263 e. The van der Waals surface area contributed by atoms with Gasteiger partial charge < -0.3 is 15.3 Å². The number of aliphatic hydroxyl groups is 1. The molecule has 0 aromatic heterocycles. The van der Waals surface area contributed by atoms with E-state index in [9.17, 15) is 14.7 Å². The Labute approximate surface area is 185 Å².